The van der Waals surface area contributed by atoms with Gasteiger partial charge in [0.05, 0.1) is 12.2 Å². The van der Waals surface area contributed by atoms with E-state index in [4.69, 9.17) is 4.74 Å². The predicted octanol–water partition coefficient (Wildman–Crippen LogP) is 2.47. The van der Waals surface area contributed by atoms with Crippen molar-refractivity contribution in [3.63, 3.8) is 0 Å². The van der Waals surface area contributed by atoms with E-state index < -0.39 is 0 Å². The second-order valence-corrected chi connectivity index (χ2v) is 6.26. The molecule has 0 spiro atoms. The molecule has 3 atom stereocenters. The summed E-state index contributed by atoms with van der Waals surface area (Å²) < 4.78 is 5.84. The van der Waals surface area contributed by atoms with Gasteiger partial charge >= 0.3 is 0 Å². The standard InChI is InChI=1S/C15H29NO2/c1-4-15(3)13(10-14(15)18-5-2)16-11-6-8-12(17)9-7-11/h11-14,16-17H,4-10H2,1-3H3. The molecule has 2 fully saturated rings. The maximum atomic E-state index is 9.55. The van der Waals surface area contributed by atoms with E-state index >= 15 is 0 Å². The van der Waals surface area contributed by atoms with Crippen LogP contribution in [0.4, 0.5) is 0 Å². The Kier molecular flexibility index (Phi) is 4.68. The molecule has 0 radical (unpaired) electrons. The summed E-state index contributed by atoms with van der Waals surface area (Å²) in [5.74, 6) is 0. The number of aliphatic hydroxyl groups is 1. The number of ether oxygens (including phenoxy) is 1. The molecule has 3 nitrogen and oxygen atoms in total. The van der Waals surface area contributed by atoms with Gasteiger partial charge in [0, 0.05) is 24.1 Å². The fourth-order valence-corrected chi connectivity index (χ4v) is 3.54. The molecule has 0 heterocycles. The van der Waals surface area contributed by atoms with E-state index in [-0.39, 0.29) is 6.10 Å². The summed E-state index contributed by atoms with van der Waals surface area (Å²) in [6, 6.07) is 1.20. The molecule has 0 aliphatic heterocycles. The molecular weight excluding hydrogens is 226 g/mol. The molecule has 2 aliphatic carbocycles. The largest absolute Gasteiger partial charge is 0.393 e. The first-order valence-corrected chi connectivity index (χ1v) is 7.65. The third-order valence-electron chi connectivity index (χ3n) is 5.24. The van der Waals surface area contributed by atoms with Gasteiger partial charge in [0.25, 0.3) is 0 Å². The van der Waals surface area contributed by atoms with Gasteiger partial charge in [0.1, 0.15) is 0 Å². The average molecular weight is 255 g/mol. The van der Waals surface area contributed by atoms with Crippen molar-refractivity contribution in [2.75, 3.05) is 6.61 Å². The van der Waals surface area contributed by atoms with Crippen LogP contribution in [0.1, 0.15) is 59.3 Å². The first-order chi connectivity index (χ1) is 8.60. The maximum Gasteiger partial charge on any atom is 0.0658 e. The van der Waals surface area contributed by atoms with Crippen LogP contribution in [0.25, 0.3) is 0 Å². The van der Waals surface area contributed by atoms with E-state index in [1.165, 1.54) is 6.42 Å². The molecule has 3 unspecified atom stereocenters. The summed E-state index contributed by atoms with van der Waals surface area (Å²) >= 11 is 0. The van der Waals surface area contributed by atoms with Crippen LogP contribution in [0.15, 0.2) is 0 Å². The predicted molar refractivity (Wildman–Crippen MR) is 73.6 cm³/mol. The summed E-state index contributed by atoms with van der Waals surface area (Å²) in [5, 5.41) is 13.4. The highest BCUT2D eigenvalue weighted by molar-refractivity contribution is 5.05. The summed E-state index contributed by atoms with van der Waals surface area (Å²) in [5.41, 5.74) is 0.298. The minimum Gasteiger partial charge on any atom is -0.393 e. The fraction of sp³-hybridized carbons (Fsp3) is 1.00. The van der Waals surface area contributed by atoms with Gasteiger partial charge in [-0.1, -0.05) is 13.8 Å². The second kappa shape index (κ2) is 5.89. The zero-order valence-electron chi connectivity index (χ0n) is 12.1. The molecule has 3 heteroatoms. The Labute approximate surface area is 111 Å². The molecule has 2 aliphatic rings. The molecule has 0 saturated heterocycles. The van der Waals surface area contributed by atoms with E-state index in [1.807, 2.05) is 0 Å². The molecule has 2 N–H and O–H groups in total. The van der Waals surface area contributed by atoms with Crippen molar-refractivity contribution < 1.29 is 9.84 Å². The average Bonchev–Trinajstić information content (AvgIpc) is 2.39. The Morgan fingerprint density at radius 2 is 1.89 bits per heavy atom. The molecule has 2 saturated carbocycles. The normalized spacial score (nSPS) is 44.7. The lowest BCUT2D eigenvalue weighted by Crippen LogP contribution is -2.64. The third-order valence-corrected chi connectivity index (χ3v) is 5.24. The molecule has 0 bridgehead atoms. The van der Waals surface area contributed by atoms with Gasteiger partial charge in [-0.15, -0.1) is 0 Å². The summed E-state index contributed by atoms with van der Waals surface area (Å²) in [6.07, 6.45) is 6.86. The molecule has 0 aromatic heterocycles. The van der Waals surface area contributed by atoms with E-state index in [0.29, 0.717) is 23.6 Å². The second-order valence-electron chi connectivity index (χ2n) is 6.26. The topological polar surface area (TPSA) is 41.5 Å². The van der Waals surface area contributed by atoms with Crippen LogP contribution in [0.5, 0.6) is 0 Å². The van der Waals surface area contributed by atoms with Crippen LogP contribution in [0, 0.1) is 5.41 Å². The van der Waals surface area contributed by atoms with Crippen molar-refractivity contribution in [2.45, 2.75) is 83.6 Å². The molecule has 0 aromatic rings. The highest BCUT2D eigenvalue weighted by atomic mass is 16.5. The van der Waals surface area contributed by atoms with E-state index in [0.717, 1.165) is 38.7 Å². The lowest BCUT2D eigenvalue weighted by molar-refractivity contribution is -0.129. The van der Waals surface area contributed by atoms with Crippen molar-refractivity contribution in [2.24, 2.45) is 5.41 Å². The highest BCUT2D eigenvalue weighted by Gasteiger charge is 2.51. The Hall–Kier alpha value is -0.120. The van der Waals surface area contributed by atoms with Crippen molar-refractivity contribution in [3.8, 4) is 0 Å². The van der Waals surface area contributed by atoms with Crippen LogP contribution in [0.2, 0.25) is 0 Å². The monoisotopic (exact) mass is 255 g/mol. The highest BCUT2D eigenvalue weighted by Crippen LogP contribution is 2.46. The lowest BCUT2D eigenvalue weighted by atomic mass is 9.61. The molecule has 106 valence electrons. The van der Waals surface area contributed by atoms with Gasteiger partial charge < -0.3 is 15.2 Å². The third kappa shape index (κ3) is 2.73. The number of aliphatic hydroxyl groups excluding tert-OH is 1. The van der Waals surface area contributed by atoms with E-state index in [9.17, 15) is 5.11 Å². The fourth-order valence-electron chi connectivity index (χ4n) is 3.54. The molecule has 0 aromatic carbocycles. The maximum absolute atomic E-state index is 9.55. The number of rotatable bonds is 5. The van der Waals surface area contributed by atoms with Gasteiger partial charge in [0.2, 0.25) is 0 Å². The van der Waals surface area contributed by atoms with Crippen molar-refractivity contribution in [1.29, 1.82) is 0 Å². The number of hydrogen-bond acceptors (Lipinski definition) is 3. The summed E-state index contributed by atoms with van der Waals surface area (Å²) in [4.78, 5) is 0. The van der Waals surface area contributed by atoms with Gasteiger partial charge in [-0.2, -0.15) is 0 Å². The van der Waals surface area contributed by atoms with Crippen LogP contribution in [-0.2, 0) is 4.74 Å². The Morgan fingerprint density at radius 1 is 1.22 bits per heavy atom. The van der Waals surface area contributed by atoms with Gasteiger partial charge in [0.15, 0.2) is 0 Å². The van der Waals surface area contributed by atoms with Gasteiger partial charge in [-0.3, -0.25) is 0 Å². The summed E-state index contributed by atoms with van der Waals surface area (Å²) in [6.45, 7) is 7.53. The lowest BCUT2D eigenvalue weighted by Gasteiger charge is -2.55. The zero-order chi connectivity index (χ0) is 13.2. The zero-order valence-corrected chi connectivity index (χ0v) is 12.1. The van der Waals surface area contributed by atoms with Gasteiger partial charge in [-0.05, 0) is 45.4 Å². The first-order valence-electron chi connectivity index (χ1n) is 7.65. The Balaban J connectivity index is 1.83. The van der Waals surface area contributed by atoms with E-state index in [1.54, 1.807) is 0 Å². The minimum atomic E-state index is -0.0572. The Bertz CT molecular complexity index is 263. The van der Waals surface area contributed by atoms with Crippen LogP contribution in [-0.4, -0.2) is 36.0 Å². The van der Waals surface area contributed by atoms with Crippen LogP contribution >= 0.6 is 0 Å². The van der Waals surface area contributed by atoms with E-state index in [2.05, 4.69) is 26.1 Å². The minimum absolute atomic E-state index is 0.0572. The van der Waals surface area contributed by atoms with Crippen LogP contribution in [0.3, 0.4) is 0 Å². The van der Waals surface area contributed by atoms with Crippen molar-refractivity contribution in [1.82, 2.24) is 5.32 Å². The SMILES string of the molecule is CCOC1CC(NC2CCC(O)CC2)C1(C)CC. The van der Waals surface area contributed by atoms with Crippen molar-refractivity contribution in [3.05, 3.63) is 0 Å². The Morgan fingerprint density at radius 3 is 2.44 bits per heavy atom. The first kappa shape index (κ1) is 14.3. The van der Waals surface area contributed by atoms with Gasteiger partial charge in [-0.25, -0.2) is 0 Å². The molecule has 2 rings (SSSR count). The smallest absolute Gasteiger partial charge is 0.0658 e. The molecular formula is C15H29NO2. The molecule has 0 amide bonds. The quantitative estimate of drug-likeness (QED) is 0.793. The molecule has 18 heavy (non-hydrogen) atoms. The summed E-state index contributed by atoms with van der Waals surface area (Å²) in [7, 11) is 0. The number of nitrogens with one attached hydrogen (secondary N) is 1. The van der Waals surface area contributed by atoms with Crippen LogP contribution < -0.4 is 5.32 Å². The number of hydrogen-bond donors (Lipinski definition) is 2. The van der Waals surface area contributed by atoms with Crippen molar-refractivity contribution >= 4 is 0 Å².